The molecule has 1 fully saturated rings. The normalized spacial score (nSPS) is 24.3. The molecule has 1 rings (SSSR count). The van der Waals surface area contributed by atoms with Crippen molar-refractivity contribution in [1.82, 2.24) is 4.90 Å². The van der Waals surface area contributed by atoms with Gasteiger partial charge in [-0.3, -0.25) is 4.79 Å². The molecule has 0 aromatic heterocycles. The molecule has 4 nitrogen and oxygen atoms in total. The lowest BCUT2D eigenvalue weighted by atomic mass is 9.88. The first-order chi connectivity index (χ1) is 8.74. The quantitative estimate of drug-likeness (QED) is 0.861. The Kier molecular flexibility index (Phi) is 5.20. The molecule has 19 heavy (non-hydrogen) atoms. The summed E-state index contributed by atoms with van der Waals surface area (Å²) in [7, 11) is 0. The van der Waals surface area contributed by atoms with Crippen LogP contribution in [-0.2, 0) is 9.59 Å². The van der Waals surface area contributed by atoms with Gasteiger partial charge in [-0.1, -0.05) is 13.3 Å². The Morgan fingerprint density at radius 3 is 2.47 bits per heavy atom. The second-order valence-electron chi connectivity index (χ2n) is 4.85. The fourth-order valence-electron chi connectivity index (χ4n) is 2.33. The van der Waals surface area contributed by atoms with Crippen molar-refractivity contribution in [1.29, 1.82) is 0 Å². The Labute approximate surface area is 109 Å². The molecule has 2 atom stereocenters. The molecule has 1 heterocycles. The highest BCUT2D eigenvalue weighted by Crippen LogP contribution is 2.28. The van der Waals surface area contributed by atoms with Gasteiger partial charge in [-0.05, 0) is 18.8 Å². The van der Waals surface area contributed by atoms with Gasteiger partial charge < -0.3 is 10.0 Å². The van der Waals surface area contributed by atoms with Crippen molar-refractivity contribution >= 4 is 11.9 Å². The number of carbonyl (C=O) groups excluding carboxylic acids is 1. The smallest absolute Gasteiger partial charge is 0.389 e. The van der Waals surface area contributed by atoms with Crippen LogP contribution in [0.2, 0.25) is 0 Å². The van der Waals surface area contributed by atoms with Gasteiger partial charge in [0.05, 0.1) is 6.42 Å². The number of carbonyl (C=O) groups is 2. The summed E-state index contributed by atoms with van der Waals surface area (Å²) in [5.41, 5.74) is 0. The van der Waals surface area contributed by atoms with E-state index in [0.717, 1.165) is 11.3 Å². The Bertz CT molecular complexity index is 344. The largest absolute Gasteiger partial charge is 0.480 e. The van der Waals surface area contributed by atoms with E-state index in [0.29, 0.717) is 12.8 Å². The highest BCUT2D eigenvalue weighted by molar-refractivity contribution is 5.83. The summed E-state index contributed by atoms with van der Waals surface area (Å²) in [5.74, 6) is -1.65. The maximum Gasteiger partial charge on any atom is 0.389 e. The minimum atomic E-state index is -4.39. The van der Waals surface area contributed by atoms with Crippen molar-refractivity contribution in [3.05, 3.63) is 0 Å². The summed E-state index contributed by atoms with van der Waals surface area (Å²) in [6.45, 7) is 2.16. The van der Waals surface area contributed by atoms with Crippen molar-refractivity contribution in [3.8, 4) is 0 Å². The van der Waals surface area contributed by atoms with E-state index in [1.165, 1.54) is 0 Å². The van der Waals surface area contributed by atoms with Gasteiger partial charge in [-0.15, -0.1) is 0 Å². The number of likely N-dealkylation sites (tertiary alicyclic amines) is 1. The van der Waals surface area contributed by atoms with Crippen LogP contribution >= 0.6 is 0 Å². The average molecular weight is 281 g/mol. The van der Waals surface area contributed by atoms with Crippen molar-refractivity contribution in [2.45, 2.75) is 51.2 Å². The van der Waals surface area contributed by atoms with E-state index >= 15 is 0 Å². The lowest BCUT2D eigenvalue weighted by Crippen LogP contribution is -2.50. The van der Waals surface area contributed by atoms with Gasteiger partial charge in [-0.25, -0.2) is 4.79 Å². The van der Waals surface area contributed by atoms with E-state index in [-0.39, 0.29) is 12.5 Å². The fraction of sp³-hybridized carbons (Fsp3) is 0.833. The van der Waals surface area contributed by atoms with Crippen molar-refractivity contribution in [2.75, 3.05) is 6.54 Å². The zero-order valence-corrected chi connectivity index (χ0v) is 10.7. The van der Waals surface area contributed by atoms with E-state index in [9.17, 15) is 22.8 Å². The van der Waals surface area contributed by atoms with Crippen LogP contribution in [-0.4, -0.2) is 40.6 Å². The molecule has 1 saturated heterocycles. The van der Waals surface area contributed by atoms with Crippen LogP contribution in [0.5, 0.6) is 0 Å². The van der Waals surface area contributed by atoms with Gasteiger partial charge in [-0.2, -0.15) is 13.2 Å². The number of carboxylic acid groups (broad SMARTS) is 1. The number of alkyl halides is 3. The molecule has 0 aromatic carbocycles. The minimum absolute atomic E-state index is 0.216. The molecule has 2 unspecified atom stereocenters. The van der Waals surface area contributed by atoms with Gasteiger partial charge in [0.2, 0.25) is 5.91 Å². The highest BCUT2D eigenvalue weighted by atomic mass is 19.4. The molecular formula is C12H18F3NO3. The van der Waals surface area contributed by atoms with Crippen molar-refractivity contribution < 1.29 is 27.9 Å². The topological polar surface area (TPSA) is 57.6 Å². The van der Waals surface area contributed by atoms with Gasteiger partial charge in [0.25, 0.3) is 0 Å². The number of halogens is 3. The zero-order valence-electron chi connectivity index (χ0n) is 10.7. The first kappa shape index (κ1) is 15.8. The van der Waals surface area contributed by atoms with Crippen LogP contribution in [0.1, 0.15) is 39.0 Å². The molecular weight excluding hydrogens is 263 g/mol. The number of piperidine rings is 1. The van der Waals surface area contributed by atoms with E-state index < -0.39 is 36.9 Å². The maximum absolute atomic E-state index is 12.1. The summed E-state index contributed by atoms with van der Waals surface area (Å²) in [5, 5.41) is 9.08. The number of carboxylic acids is 1. The molecule has 1 N–H and O–H groups in total. The molecule has 0 saturated carbocycles. The van der Waals surface area contributed by atoms with Gasteiger partial charge in [0, 0.05) is 13.0 Å². The molecule has 1 aliphatic rings. The summed E-state index contributed by atoms with van der Waals surface area (Å²) in [4.78, 5) is 23.9. The molecule has 0 spiro atoms. The Hall–Kier alpha value is -1.27. The second-order valence-corrected chi connectivity index (χ2v) is 4.85. The van der Waals surface area contributed by atoms with Crippen LogP contribution in [0.25, 0.3) is 0 Å². The number of amides is 1. The number of hydrogen-bond acceptors (Lipinski definition) is 2. The van der Waals surface area contributed by atoms with Gasteiger partial charge in [0.15, 0.2) is 0 Å². The Morgan fingerprint density at radius 2 is 2.00 bits per heavy atom. The van der Waals surface area contributed by atoms with Gasteiger partial charge in [0.1, 0.15) is 6.04 Å². The number of aliphatic carboxylic acids is 1. The van der Waals surface area contributed by atoms with Crippen LogP contribution in [0.4, 0.5) is 13.2 Å². The van der Waals surface area contributed by atoms with E-state index in [2.05, 4.69) is 0 Å². The van der Waals surface area contributed by atoms with Gasteiger partial charge >= 0.3 is 12.1 Å². The monoisotopic (exact) mass is 281 g/mol. The summed E-state index contributed by atoms with van der Waals surface area (Å²) in [6.07, 6.45) is -4.48. The minimum Gasteiger partial charge on any atom is -0.480 e. The third-order valence-electron chi connectivity index (χ3n) is 3.52. The van der Waals surface area contributed by atoms with E-state index in [1.54, 1.807) is 0 Å². The zero-order chi connectivity index (χ0) is 14.6. The number of nitrogens with zero attached hydrogens (tertiary/aromatic N) is 1. The summed E-state index contributed by atoms with van der Waals surface area (Å²) >= 11 is 0. The fourth-order valence-corrected chi connectivity index (χ4v) is 2.33. The average Bonchev–Trinajstić information content (AvgIpc) is 2.34. The first-order valence-electron chi connectivity index (χ1n) is 6.33. The van der Waals surface area contributed by atoms with Crippen molar-refractivity contribution in [3.63, 3.8) is 0 Å². The number of hydrogen-bond donors (Lipinski definition) is 1. The summed E-state index contributed by atoms with van der Waals surface area (Å²) in [6, 6.07) is -0.987. The standard InChI is InChI=1S/C12H18F3NO3/c1-2-8-4-6-16(9(7-8)11(18)19)10(17)3-5-12(13,14)15/h8-9H,2-7H2,1H3,(H,18,19). The Balaban J connectivity index is 2.64. The molecule has 7 heteroatoms. The third kappa shape index (κ3) is 4.72. The molecule has 1 aliphatic heterocycles. The highest BCUT2D eigenvalue weighted by Gasteiger charge is 2.37. The number of rotatable bonds is 4. The van der Waals surface area contributed by atoms with Crippen LogP contribution in [0, 0.1) is 5.92 Å². The third-order valence-corrected chi connectivity index (χ3v) is 3.52. The molecule has 0 aliphatic carbocycles. The second kappa shape index (κ2) is 6.25. The van der Waals surface area contributed by atoms with Crippen LogP contribution < -0.4 is 0 Å². The van der Waals surface area contributed by atoms with E-state index in [1.807, 2.05) is 6.92 Å². The van der Waals surface area contributed by atoms with Crippen LogP contribution in [0.3, 0.4) is 0 Å². The summed E-state index contributed by atoms with van der Waals surface area (Å²) < 4.78 is 36.2. The lowest BCUT2D eigenvalue weighted by molar-refractivity contribution is -0.158. The van der Waals surface area contributed by atoms with E-state index in [4.69, 9.17) is 5.11 Å². The first-order valence-corrected chi connectivity index (χ1v) is 6.33. The predicted molar refractivity (Wildman–Crippen MR) is 61.4 cm³/mol. The maximum atomic E-state index is 12.1. The van der Waals surface area contributed by atoms with Crippen molar-refractivity contribution in [2.24, 2.45) is 5.92 Å². The Morgan fingerprint density at radius 1 is 1.37 bits per heavy atom. The predicted octanol–water partition coefficient (Wildman–Crippen LogP) is 2.43. The molecule has 0 radical (unpaired) electrons. The molecule has 0 bridgehead atoms. The van der Waals surface area contributed by atoms with Crippen LogP contribution in [0.15, 0.2) is 0 Å². The molecule has 110 valence electrons. The molecule has 0 aromatic rings. The molecule has 1 amide bonds. The lowest BCUT2D eigenvalue weighted by Gasteiger charge is -2.37. The SMILES string of the molecule is CCC1CCN(C(=O)CCC(F)(F)F)C(C(=O)O)C1.